The van der Waals surface area contributed by atoms with Gasteiger partial charge in [-0.2, -0.15) is 0 Å². The van der Waals surface area contributed by atoms with Gasteiger partial charge in [0.1, 0.15) is 0 Å². The molecule has 1 aromatic rings. The van der Waals surface area contributed by atoms with Gasteiger partial charge in [0, 0.05) is 14.1 Å². The smallest absolute Gasteiger partial charge is 0.254 e. The maximum absolute atomic E-state index is 12.0. The molecule has 0 aromatic heterocycles. The summed E-state index contributed by atoms with van der Waals surface area (Å²) < 4.78 is 16.2. The van der Waals surface area contributed by atoms with Gasteiger partial charge in [-0.15, -0.1) is 0 Å². The molecule has 5 nitrogen and oxygen atoms in total. The predicted octanol–water partition coefficient (Wildman–Crippen LogP) is 2.18. The third-order valence-corrected chi connectivity index (χ3v) is 3.19. The summed E-state index contributed by atoms with van der Waals surface area (Å²) in [5, 5.41) is 0. The van der Waals surface area contributed by atoms with E-state index in [9.17, 15) is 4.79 Å². The van der Waals surface area contributed by atoms with Gasteiger partial charge in [0.05, 0.1) is 31.4 Å². The first-order chi connectivity index (χ1) is 8.47. The number of carbonyl (C=O) groups excluding carboxylic acids is 1. The van der Waals surface area contributed by atoms with E-state index in [4.69, 9.17) is 14.2 Å². The molecule has 0 saturated heterocycles. The van der Waals surface area contributed by atoms with Gasteiger partial charge in [0.25, 0.3) is 5.91 Å². The molecule has 0 heterocycles. The predicted molar refractivity (Wildman–Crippen MR) is 71.8 cm³/mol. The lowest BCUT2D eigenvalue weighted by Gasteiger charge is -2.18. The van der Waals surface area contributed by atoms with Crippen molar-refractivity contribution in [3.8, 4) is 17.2 Å². The lowest BCUT2D eigenvalue weighted by atomic mass is 10.1. The Bertz CT molecular complexity index is 460. The van der Waals surface area contributed by atoms with Gasteiger partial charge in [0.15, 0.2) is 11.5 Å². The van der Waals surface area contributed by atoms with Crippen molar-refractivity contribution in [1.82, 2.24) is 4.90 Å². The average Bonchev–Trinajstić information content (AvgIpc) is 2.36. The molecule has 1 aromatic carbocycles. The monoisotopic (exact) mass is 317 g/mol. The molecule has 0 radical (unpaired) electrons. The van der Waals surface area contributed by atoms with E-state index in [0.29, 0.717) is 27.3 Å². The Morgan fingerprint density at radius 3 is 2.06 bits per heavy atom. The van der Waals surface area contributed by atoms with Crippen LogP contribution in [0.5, 0.6) is 17.2 Å². The number of halogens is 1. The molecule has 0 N–H and O–H groups in total. The number of carbonyl (C=O) groups is 1. The molecule has 1 amide bonds. The Balaban J connectivity index is 3.51. The summed E-state index contributed by atoms with van der Waals surface area (Å²) in [6.45, 7) is 0. The maximum atomic E-state index is 12.0. The second-order valence-corrected chi connectivity index (χ2v) is 4.50. The first kappa shape index (κ1) is 14.6. The Labute approximate surface area is 115 Å². The molecular formula is C12H16BrNO4. The second kappa shape index (κ2) is 5.95. The highest BCUT2D eigenvalue weighted by atomic mass is 79.9. The summed E-state index contributed by atoms with van der Waals surface area (Å²) in [5.41, 5.74) is 0.453. The molecule has 1 rings (SSSR count). The van der Waals surface area contributed by atoms with Gasteiger partial charge >= 0.3 is 0 Å². The molecule has 0 spiro atoms. The average molecular weight is 318 g/mol. The van der Waals surface area contributed by atoms with Crippen LogP contribution in [0.15, 0.2) is 10.5 Å². The molecule has 0 saturated carbocycles. The molecule has 0 atom stereocenters. The van der Waals surface area contributed by atoms with Crippen molar-refractivity contribution < 1.29 is 19.0 Å². The molecule has 0 aliphatic rings. The van der Waals surface area contributed by atoms with Gasteiger partial charge < -0.3 is 19.1 Å². The molecule has 0 unspecified atom stereocenters. The van der Waals surface area contributed by atoms with Crippen LogP contribution < -0.4 is 14.2 Å². The van der Waals surface area contributed by atoms with E-state index in [1.54, 1.807) is 20.2 Å². The highest BCUT2D eigenvalue weighted by Crippen LogP contribution is 2.44. The summed E-state index contributed by atoms with van der Waals surface area (Å²) >= 11 is 3.36. The van der Waals surface area contributed by atoms with E-state index in [1.807, 2.05) is 0 Å². The fourth-order valence-corrected chi connectivity index (χ4v) is 2.14. The lowest BCUT2D eigenvalue weighted by molar-refractivity contribution is 0.0825. The van der Waals surface area contributed by atoms with E-state index in [-0.39, 0.29) is 5.91 Å². The molecular weight excluding hydrogens is 302 g/mol. The van der Waals surface area contributed by atoms with Crippen molar-refractivity contribution in [3.05, 3.63) is 16.1 Å². The van der Waals surface area contributed by atoms with Gasteiger partial charge in [-0.05, 0) is 22.0 Å². The van der Waals surface area contributed by atoms with Gasteiger partial charge in [-0.1, -0.05) is 0 Å². The van der Waals surface area contributed by atoms with Crippen molar-refractivity contribution in [2.45, 2.75) is 0 Å². The quantitative estimate of drug-likeness (QED) is 0.854. The summed E-state index contributed by atoms with van der Waals surface area (Å²) in [7, 11) is 7.89. The van der Waals surface area contributed by atoms with Crippen LogP contribution in [0.2, 0.25) is 0 Å². The number of benzene rings is 1. The third-order valence-electron chi connectivity index (χ3n) is 2.41. The minimum Gasteiger partial charge on any atom is -0.493 e. The van der Waals surface area contributed by atoms with Crippen molar-refractivity contribution >= 4 is 21.8 Å². The van der Waals surface area contributed by atoms with Crippen molar-refractivity contribution in [3.63, 3.8) is 0 Å². The normalized spacial score (nSPS) is 9.89. The van der Waals surface area contributed by atoms with Crippen LogP contribution in [-0.4, -0.2) is 46.2 Å². The summed E-state index contributed by atoms with van der Waals surface area (Å²) in [4.78, 5) is 13.5. The number of amides is 1. The molecule has 0 bridgehead atoms. The van der Waals surface area contributed by atoms with Crippen LogP contribution in [0.25, 0.3) is 0 Å². The van der Waals surface area contributed by atoms with Crippen LogP contribution in [-0.2, 0) is 0 Å². The fraction of sp³-hybridized carbons (Fsp3) is 0.417. The first-order valence-corrected chi connectivity index (χ1v) is 5.97. The Morgan fingerprint density at radius 1 is 1.11 bits per heavy atom. The fourth-order valence-electron chi connectivity index (χ4n) is 1.52. The van der Waals surface area contributed by atoms with Crippen LogP contribution in [0.3, 0.4) is 0 Å². The van der Waals surface area contributed by atoms with E-state index < -0.39 is 0 Å². The minimum atomic E-state index is -0.152. The molecule has 0 aliphatic carbocycles. The summed E-state index contributed by atoms with van der Waals surface area (Å²) in [6, 6.07) is 1.62. The number of rotatable bonds is 4. The number of ether oxygens (including phenoxy) is 3. The van der Waals surface area contributed by atoms with Crippen LogP contribution >= 0.6 is 15.9 Å². The van der Waals surface area contributed by atoms with Crippen molar-refractivity contribution in [2.75, 3.05) is 35.4 Å². The second-order valence-electron chi connectivity index (χ2n) is 3.71. The summed E-state index contributed by atoms with van der Waals surface area (Å²) in [5.74, 6) is 1.17. The Hall–Kier alpha value is -1.43. The van der Waals surface area contributed by atoms with E-state index in [2.05, 4.69) is 15.9 Å². The molecule has 0 aliphatic heterocycles. The zero-order chi connectivity index (χ0) is 13.9. The maximum Gasteiger partial charge on any atom is 0.254 e. The van der Waals surface area contributed by atoms with Crippen LogP contribution in [0.1, 0.15) is 10.4 Å². The third kappa shape index (κ3) is 2.53. The standard InChI is InChI=1S/C12H16BrNO4/c1-14(2)12(15)7-6-8(16-3)10(17-4)11(18-5)9(7)13/h6H,1-5H3. The van der Waals surface area contributed by atoms with Crippen LogP contribution in [0, 0.1) is 0 Å². The minimum absolute atomic E-state index is 0.152. The number of hydrogen-bond acceptors (Lipinski definition) is 4. The van der Waals surface area contributed by atoms with E-state index in [0.717, 1.165) is 0 Å². The number of methoxy groups -OCH3 is 3. The first-order valence-electron chi connectivity index (χ1n) is 5.18. The van der Waals surface area contributed by atoms with E-state index >= 15 is 0 Å². The van der Waals surface area contributed by atoms with Crippen molar-refractivity contribution in [2.24, 2.45) is 0 Å². The largest absolute Gasteiger partial charge is 0.493 e. The molecule has 0 fully saturated rings. The Morgan fingerprint density at radius 2 is 1.67 bits per heavy atom. The lowest BCUT2D eigenvalue weighted by Crippen LogP contribution is -2.22. The Kier molecular flexibility index (Phi) is 4.84. The zero-order valence-electron chi connectivity index (χ0n) is 11.0. The molecule has 18 heavy (non-hydrogen) atoms. The van der Waals surface area contributed by atoms with Crippen LogP contribution in [0.4, 0.5) is 0 Å². The highest BCUT2D eigenvalue weighted by molar-refractivity contribution is 9.10. The number of nitrogens with zero attached hydrogens (tertiary/aromatic N) is 1. The number of hydrogen-bond donors (Lipinski definition) is 0. The molecule has 100 valence electrons. The van der Waals surface area contributed by atoms with E-state index in [1.165, 1.54) is 26.2 Å². The summed E-state index contributed by atoms with van der Waals surface area (Å²) in [6.07, 6.45) is 0. The van der Waals surface area contributed by atoms with Gasteiger partial charge in [-0.3, -0.25) is 4.79 Å². The zero-order valence-corrected chi connectivity index (χ0v) is 12.6. The van der Waals surface area contributed by atoms with Crippen molar-refractivity contribution in [1.29, 1.82) is 0 Å². The topological polar surface area (TPSA) is 48.0 Å². The highest BCUT2D eigenvalue weighted by Gasteiger charge is 2.23. The van der Waals surface area contributed by atoms with Gasteiger partial charge in [-0.25, -0.2) is 0 Å². The van der Waals surface area contributed by atoms with Gasteiger partial charge in [0.2, 0.25) is 5.75 Å². The SMILES string of the molecule is COc1cc(C(=O)N(C)C)c(Br)c(OC)c1OC. The molecule has 6 heteroatoms.